The molecule has 0 bridgehead atoms. The van der Waals surface area contributed by atoms with Crippen LogP contribution >= 0.6 is 67.8 Å². The molecule has 1 unspecified atom stereocenters. The number of aliphatic hydroxyl groups excluding tert-OH is 1. The van der Waals surface area contributed by atoms with Gasteiger partial charge in [-0.25, -0.2) is 0 Å². The Morgan fingerprint density at radius 1 is 1.36 bits per heavy atom. The molecule has 0 amide bonds. The van der Waals surface area contributed by atoms with Crippen molar-refractivity contribution in [3.8, 4) is 0 Å². The number of hydrogen-bond donors (Lipinski definition) is 2. The minimum atomic E-state index is -1.22. The minimum absolute atomic E-state index is 0.0131. The molecule has 1 atom stereocenters. The fourth-order valence-electron chi connectivity index (χ4n) is 0.650. The first-order valence-corrected chi connectivity index (χ1v) is 5.91. The zero-order chi connectivity index (χ0) is 8.65. The van der Waals surface area contributed by atoms with Gasteiger partial charge in [0.05, 0.1) is 0 Å². The van der Waals surface area contributed by atoms with Crippen LogP contribution in [-0.4, -0.2) is 13.8 Å². The SMILES string of the molecule is O[C]1C(I)=CC(I)=CC1(O)I. The first-order valence-electron chi connectivity index (χ1n) is 2.67. The standard InChI is InChI=1S/C6H4I3O2/c7-3-1-4(8)5(10)6(9,11)2-3/h1-2,10-11H. The summed E-state index contributed by atoms with van der Waals surface area (Å²) in [5.74, 6) is 0. The Balaban J connectivity index is 3.01. The van der Waals surface area contributed by atoms with Crippen LogP contribution < -0.4 is 0 Å². The van der Waals surface area contributed by atoms with Crippen molar-refractivity contribution in [2.75, 3.05) is 0 Å². The fraction of sp³-hybridized carbons (Fsp3) is 0.167. The molecule has 0 saturated heterocycles. The van der Waals surface area contributed by atoms with Gasteiger partial charge >= 0.3 is 0 Å². The van der Waals surface area contributed by atoms with Crippen molar-refractivity contribution in [1.29, 1.82) is 0 Å². The van der Waals surface area contributed by atoms with Crippen LogP contribution in [0.25, 0.3) is 0 Å². The Kier molecular flexibility index (Phi) is 3.65. The summed E-state index contributed by atoms with van der Waals surface area (Å²) < 4.78 is 0.396. The number of hydrogen-bond acceptors (Lipinski definition) is 2. The smallest absolute Gasteiger partial charge is 0.174 e. The van der Waals surface area contributed by atoms with Crippen LogP contribution in [0, 0.1) is 6.10 Å². The van der Waals surface area contributed by atoms with Crippen molar-refractivity contribution in [3.05, 3.63) is 25.4 Å². The number of aliphatic hydroxyl groups is 2. The summed E-state index contributed by atoms with van der Waals surface area (Å²) in [6, 6.07) is 0. The molecule has 0 aromatic rings. The summed E-state index contributed by atoms with van der Waals surface area (Å²) in [5, 5.41) is 18.9. The second-order valence-corrected chi connectivity index (χ2v) is 6.10. The monoisotopic (exact) mass is 489 g/mol. The Bertz CT molecular complexity index is 232. The molecule has 5 heteroatoms. The van der Waals surface area contributed by atoms with E-state index in [0.717, 1.165) is 3.58 Å². The molecule has 0 fully saturated rings. The normalized spacial score (nSPS) is 33.2. The van der Waals surface area contributed by atoms with E-state index in [1.807, 2.05) is 28.7 Å². The fourth-order valence-corrected chi connectivity index (χ4v) is 4.49. The Morgan fingerprint density at radius 3 is 2.36 bits per heavy atom. The van der Waals surface area contributed by atoms with Gasteiger partial charge in [0.2, 0.25) is 0 Å². The molecule has 2 N–H and O–H groups in total. The highest BCUT2D eigenvalue weighted by molar-refractivity contribution is 14.1. The van der Waals surface area contributed by atoms with E-state index in [0.29, 0.717) is 3.58 Å². The van der Waals surface area contributed by atoms with Crippen molar-refractivity contribution >= 4 is 67.8 Å². The molecule has 0 spiro atoms. The van der Waals surface area contributed by atoms with Gasteiger partial charge < -0.3 is 10.2 Å². The number of halogens is 3. The van der Waals surface area contributed by atoms with Crippen LogP contribution in [0.15, 0.2) is 19.3 Å². The zero-order valence-electron chi connectivity index (χ0n) is 5.18. The molecule has 11 heavy (non-hydrogen) atoms. The van der Waals surface area contributed by atoms with Gasteiger partial charge in [-0.2, -0.15) is 0 Å². The van der Waals surface area contributed by atoms with Crippen molar-refractivity contribution in [1.82, 2.24) is 0 Å². The summed E-state index contributed by atoms with van der Waals surface area (Å²) in [6.45, 7) is 0. The predicted molar refractivity (Wildman–Crippen MR) is 68.4 cm³/mol. The van der Waals surface area contributed by atoms with Gasteiger partial charge in [-0.3, -0.25) is 0 Å². The maximum atomic E-state index is 9.56. The molecule has 0 heterocycles. The van der Waals surface area contributed by atoms with Gasteiger partial charge in [0, 0.05) is 7.16 Å². The summed E-state index contributed by atoms with van der Waals surface area (Å²) >= 11 is 5.87. The molecule has 1 rings (SSSR count). The molecule has 1 aliphatic rings. The van der Waals surface area contributed by atoms with Crippen LogP contribution in [0.2, 0.25) is 0 Å². The summed E-state index contributed by atoms with van der Waals surface area (Å²) in [5.41, 5.74) is 0. The maximum absolute atomic E-state index is 9.56. The molecular formula is C6H4I3O2. The van der Waals surface area contributed by atoms with E-state index in [4.69, 9.17) is 0 Å². The maximum Gasteiger partial charge on any atom is 0.174 e. The lowest BCUT2D eigenvalue weighted by Crippen LogP contribution is -2.28. The second kappa shape index (κ2) is 3.76. The third-order valence-electron chi connectivity index (χ3n) is 1.15. The highest BCUT2D eigenvalue weighted by Crippen LogP contribution is 2.41. The molecule has 0 aromatic heterocycles. The molecule has 61 valence electrons. The lowest BCUT2D eigenvalue weighted by atomic mass is 10.1. The van der Waals surface area contributed by atoms with Crippen LogP contribution in [-0.2, 0) is 0 Å². The third-order valence-corrected chi connectivity index (χ3v) is 3.42. The van der Waals surface area contributed by atoms with Crippen LogP contribution in [0.5, 0.6) is 0 Å². The molecule has 1 aliphatic carbocycles. The van der Waals surface area contributed by atoms with E-state index < -0.39 is 3.61 Å². The largest absolute Gasteiger partial charge is 0.377 e. The Morgan fingerprint density at radius 2 is 1.91 bits per heavy atom. The first-order chi connectivity index (χ1) is 4.93. The van der Waals surface area contributed by atoms with E-state index in [2.05, 4.69) is 22.6 Å². The van der Waals surface area contributed by atoms with Crippen molar-refractivity contribution in [2.24, 2.45) is 0 Å². The predicted octanol–water partition coefficient (Wildman–Crippen LogP) is 2.67. The number of allylic oxidation sites excluding steroid dienone is 2. The van der Waals surface area contributed by atoms with Crippen molar-refractivity contribution in [2.45, 2.75) is 3.61 Å². The topological polar surface area (TPSA) is 40.5 Å². The summed E-state index contributed by atoms with van der Waals surface area (Å²) in [6.07, 6.45) is 3.42. The Hall–Kier alpha value is 1.59. The quantitative estimate of drug-likeness (QED) is 0.407. The lowest BCUT2D eigenvalue weighted by Gasteiger charge is -2.25. The van der Waals surface area contributed by atoms with Gasteiger partial charge in [0.15, 0.2) is 9.71 Å². The molecule has 1 radical (unpaired) electrons. The number of rotatable bonds is 0. The van der Waals surface area contributed by atoms with Crippen LogP contribution in [0.4, 0.5) is 0 Å². The van der Waals surface area contributed by atoms with E-state index in [9.17, 15) is 10.2 Å². The van der Waals surface area contributed by atoms with E-state index >= 15 is 0 Å². The molecular weight excluding hydrogens is 485 g/mol. The first kappa shape index (κ1) is 10.7. The lowest BCUT2D eigenvalue weighted by molar-refractivity contribution is 0.137. The average molecular weight is 489 g/mol. The average Bonchev–Trinajstić information content (AvgIpc) is 1.81. The molecule has 0 aromatic carbocycles. The van der Waals surface area contributed by atoms with Gasteiger partial charge in [0.25, 0.3) is 0 Å². The second-order valence-electron chi connectivity index (χ2n) is 2.04. The van der Waals surface area contributed by atoms with Crippen LogP contribution in [0.1, 0.15) is 0 Å². The van der Waals surface area contributed by atoms with E-state index in [1.54, 1.807) is 28.7 Å². The van der Waals surface area contributed by atoms with E-state index in [1.165, 1.54) is 0 Å². The summed E-state index contributed by atoms with van der Waals surface area (Å²) in [4.78, 5) is 0. The van der Waals surface area contributed by atoms with Crippen LogP contribution in [0.3, 0.4) is 0 Å². The highest BCUT2D eigenvalue weighted by atomic mass is 127. The number of alkyl halides is 1. The molecule has 2 nitrogen and oxygen atoms in total. The highest BCUT2D eigenvalue weighted by Gasteiger charge is 2.36. The van der Waals surface area contributed by atoms with E-state index in [-0.39, 0.29) is 6.10 Å². The van der Waals surface area contributed by atoms with Crippen molar-refractivity contribution in [3.63, 3.8) is 0 Å². The molecule has 0 saturated carbocycles. The minimum Gasteiger partial charge on any atom is -0.377 e. The third kappa shape index (κ3) is 2.51. The zero-order valence-corrected chi connectivity index (χ0v) is 11.7. The van der Waals surface area contributed by atoms with Crippen molar-refractivity contribution < 1.29 is 10.2 Å². The Labute approximate surface area is 106 Å². The summed E-state index contributed by atoms with van der Waals surface area (Å²) in [7, 11) is 0. The van der Waals surface area contributed by atoms with Gasteiger partial charge in [0.1, 0.15) is 0 Å². The van der Waals surface area contributed by atoms with Gasteiger partial charge in [-0.15, -0.1) is 0 Å². The molecule has 0 aliphatic heterocycles. The van der Waals surface area contributed by atoms with Gasteiger partial charge in [-0.05, 0) is 79.9 Å². The van der Waals surface area contributed by atoms with Gasteiger partial charge in [-0.1, -0.05) is 0 Å².